The monoisotopic (exact) mass is 234 g/mol. The van der Waals surface area contributed by atoms with E-state index in [2.05, 4.69) is 5.32 Å². The first kappa shape index (κ1) is 11.8. The quantitative estimate of drug-likeness (QED) is 0.703. The van der Waals surface area contributed by atoms with Crippen molar-refractivity contribution in [1.29, 1.82) is 0 Å². The molecule has 4 nitrogen and oxygen atoms in total. The summed E-state index contributed by atoms with van der Waals surface area (Å²) < 4.78 is 0. The Hall–Kier alpha value is -1.71. The molecule has 0 radical (unpaired) electrons. The van der Waals surface area contributed by atoms with Gasteiger partial charge in [0.15, 0.2) is 0 Å². The van der Waals surface area contributed by atoms with Crippen LogP contribution in [0.5, 0.6) is 0 Å². The number of nitrogen functional groups attached to an aromatic ring is 1. The Morgan fingerprint density at radius 2 is 2.00 bits per heavy atom. The van der Waals surface area contributed by atoms with E-state index in [0.717, 1.165) is 18.5 Å². The van der Waals surface area contributed by atoms with Crippen LogP contribution in [-0.4, -0.2) is 17.1 Å². The maximum absolute atomic E-state index is 11.0. The number of carboxylic acid groups (broad SMARTS) is 1. The predicted molar refractivity (Wildman–Crippen MR) is 68.3 cm³/mol. The number of hydrogen-bond acceptors (Lipinski definition) is 3. The van der Waals surface area contributed by atoms with E-state index < -0.39 is 5.97 Å². The van der Waals surface area contributed by atoms with Crippen LogP contribution < -0.4 is 11.1 Å². The molecule has 17 heavy (non-hydrogen) atoms. The third kappa shape index (κ3) is 2.70. The molecule has 0 aromatic heterocycles. The molecule has 0 unspecified atom stereocenters. The second-order valence-corrected chi connectivity index (χ2v) is 4.55. The number of aromatic carboxylic acids is 1. The number of para-hydroxylation sites is 1. The number of anilines is 2. The molecule has 4 N–H and O–H groups in total. The molecule has 1 saturated carbocycles. The largest absolute Gasteiger partial charge is 0.478 e. The molecular formula is C13H18N2O2. The molecule has 1 aliphatic rings. The topological polar surface area (TPSA) is 75.3 Å². The first-order chi connectivity index (χ1) is 8.18. The summed E-state index contributed by atoms with van der Waals surface area (Å²) in [5.41, 5.74) is 7.12. The zero-order valence-electron chi connectivity index (χ0n) is 9.78. The van der Waals surface area contributed by atoms with Crippen molar-refractivity contribution in [3.8, 4) is 0 Å². The van der Waals surface area contributed by atoms with Crippen molar-refractivity contribution in [2.24, 2.45) is 0 Å². The lowest BCUT2D eigenvalue weighted by molar-refractivity contribution is 0.0698. The fraction of sp³-hybridized carbons (Fsp3) is 0.462. The summed E-state index contributed by atoms with van der Waals surface area (Å²) in [4.78, 5) is 11.0. The number of carboxylic acids is 1. The van der Waals surface area contributed by atoms with Crippen LogP contribution in [0.4, 0.5) is 11.4 Å². The van der Waals surface area contributed by atoms with Crippen molar-refractivity contribution in [2.45, 2.75) is 38.1 Å². The molecule has 0 atom stereocenters. The standard InChI is InChI=1S/C13H18N2O2/c14-12-10(13(16)17)7-4-8-11(12)15-9-5-2-1-3-6-9/h4,7-9,15H,1-3,5-6,14H2,(H,16,17). The Kier molecular flexibility index (Phi) is 3.52. The highest BCUT2D eigenvalue weighted by atomic mass is 16.4. The molecule has 2 rings (SSSR count). The van der Waals surface area contributed by atoms with E-state index in [0.29, 0.717) is 11.7 Å². The minimum absolute atomic E-state index is 0.172. The third-order valence-electron chi connectivity index (χ3n) is 3.30. The normalized spacial score (nSPS) is 16.7. The van der Waals surface area contributed by atoms with Gasteiger partial charge in [0, 0.05) is 6.04 Å². The Labute approximate surface area is 101 Å². The number of nitrogens with one attached hydrogen (secondary N) is 1. The molecule has 92 valence electrons. The third-order valence-corrected chi connectivity index (χ3v) is 3.30. The zero-order valence-corrected chi connectivity index (χ0v) is 9.78. The van der Waals surface area contributed by atoms with Crippen LogP contribution in [0.25, 0.3) is 0 Å². The van der Waals surface area contributed by atoms with Crippen LogP contribution in [0.2, 0.25) is 0 Å². The van der Waals surface area contributed by atoms with Crippen molar-refractivity contribution >= 4 is 17.3 Å². The van der Waals surface area contributed by atoms with E-state index in [1.165, 1.54) is 25.3 Å². The number of carbonyl (C=O) groups is 1. The summed E-state index contributed by atoms with van der Waals surface area (Å²) >= 11 is 0. The van der Waals surface area contributed by atoms with Gasteiger partial charge in [0.05, 0.1) is 16.9 Å². The van der Waals surface area contributed by atoms with Crippen LogP contribution in [0.3, 0.4) is 0 Å². The lowest BCUT2D eigenvalue weighted by Crippen LogP contribution is -2.23. The van der Waals surface area contributed by atoms with Crippen molar-refractivity contribution in [3.05, 3.63) is 23.8 Å². The molecule has 0 spiro atoms. The van der Waals surface area contributed by atoms with Crippen molar-refractivity contribution < 1.29 is 9.90 Å². The highest BCUT2D eigenvalue weighted by molar-refractivity contribution is 5.97. The number of nitrogens with two attached hydrogens (primary N) is 1. The smallest absolute Gasteiger partial charge is 0.337 e. The van der Waals surface area contributed by atoms with E-state index >= 15 is 0 Å². The molecule has 1 fully saturated rings. The molecular weight excluding hydrogens is 216 g/mol. The fourth-order valence-corrected chi connectivity index (χ4v) is 2.34. The van der Waals surface area contributed by atoms with Gasteiger partial charge in [0.25, 0.3) is 0 Å². The van der Waals surface area contributed by atoms with Gasteiger partial charge in [-0.25, -0.2) is 4.79 Å². The lowest BCUT2D eigenvalue weighted by atomic mass is 9.95. The summed E-state index contributed by atoms with van der Waals surface area (Å²) in [5.74, 6) is -0.977. The average molecular weight is 234 g/mol. The maximum atomic E-state index is 11.0. The van der Waals surface area contributed by atoms with Crippen molar-refractivity contribution in [2.75, 3.05) is 11.1 Å². The Morgan fingerprint density at radius 1 is 1.29 bits per heavy atom. The summed E-state index contributed by atoms with van der Waals surface area (Å²) in [6.07, 6.45) is 6.03. The molecule has 4 heteroatoms. The van der Waals surface area contributed by atoms with E-state index in [-0.39, 0.29) is 5.56 Å². The van der Waals surface area contributed by atoms with Crippen molar-refractivity contribution in [1.82, 2.24) is 0 Å². The Morgan fingerprint density at radius 3 is 2.65 bits per heavy atom. The SMILES string of the molecule is Nc1c(NC2CCCCC2)cccc1C(=O)O. The van der Waals surface area contributed by atoms with Gasteiger partial charge in [-0.15, -0.1) is 0 Å². The van der Waals surface area contributed by atoms with E-state index in [1.807, 2.05) is 6.07 Å². The van der Waals surface area contributed by atoms with Crippen LogP contribution >= 0.6 is 0 Å². The van der Waals surface area contributed by atoms with E-state index in [1.54, 1.807) is 6.07 Å². The predicted octanol–water partition coefficient (Wildman–Crippen LogP) is 2.71. The fourth-order valence-electron chi connectivity index (χ4n) is 2.34. The summed E-state index contributed by atoms with van der Waals surface area (Å²) in [5, 5.41) is 12.3. The van der Waals surface area contributed by atoms with E-state index in [9.17, 15) is 4.79 Å². The van der Waals surface area contributed by atoms with Crippen LogP contribution in [0.15, 0.2) is 18.2 Å². The second kappa shape index (κ2) is 5.08. The van der Waals surface area contributed by atoms with Gasteiger partial charge in [-0.2, -0.15) is 0 Å². The van der Waals surface area contributed by atoms with Crippen LogP contribution in [0, 0.1) is 0 Å². The van der Waals surface area contributed by atoms with Gasteiger partial charge in [0.2, 0.25) is 0 Å². The zero-order chi connectivity index (χ0) is 12.3. The molecule has 1 aromatic carbocycles. The molecule has 1 aromatic rings. The molecule has 0 bridgehead atoms. The summed E-state index contributed by atoms with van der Waals surface area (Å²) in [6, 6.07) is 5.53. The van der Waals surface area contributed by atoms with Gasteiger partial charge in [-0.1, -0.05) is 25.3 Å². The first-order valence-corrected chi connectivity index (χ1v) is 6.07. The van der Waals surface area contributed by atoms with E-state index in [4.69, 9.17) is 10.8 Å². The molecule has 0 saturated heterocycles. The maximum Gasteiger partial charge on any atom is 0.337 e. The van der Waals surface area contributed by atoms with Gasteiger partial charge in [-0.05, 0) is 25.0 Å². The lowest BCUT2D eigenvalue weighted by Gasteiger charge is -2.24. The summed E-state index contributed by atoms with van der Waals surface area (Å²) in [6.45, 7) is 0. The minimum atomic E-state index is -0.977. The summed E-state index contributed by atoms with van der Waals surface area (Å²) in [7, 11) is 0. The number of rotatable bonds is 3. The highest BCUT2D eigenvalue weighted by Gasteiger charge is 2.16. The van der Waals surface area contributed by atoms with Gasteiger partial charge < -0.3 is 16.2 Å². The van der Waals surface area contributed by atoms with Crippen LogP contribution in [-0.2, 0) is 0 Å². The highest BCUT2D eigenvalue weighted by Crippen LogP contribution is 2.27. The minimum Gasteiger partial charge on any atom is -0.478 e. The number of hydrogen-bond donors (Lipinski definition) is 3. The van der Waals surface area contributed by atoms with Crippen molar-refractivity contribution in [3.63, 3.8) is 0 Å². The van der Waals surface area contributed by atoms with Crippen LogP contribution in [0.1, 0.15) is 42.5 Å². The Balaban J connectivity index is 2.15. The molecule has 0 amide bonds. The molecule has 0 aliphatic heterocycles. The first-order valence-electron chi connectivity index (χ1n) is 6.07. The van der Waals surface area contributed by atoms with Gasteiger partial charge in [-0.3, -0.25) is 0 Å². The second-order valence-electron chi connectivity index (χ2n) is 4.55. The Bertz CT molecular complexity index is 412. The number of benzene rings is 1. The molecule has 1 aliphatic carbocycles. The van der Waals surface area contributed by atoms with Gasteiger partial charge in [0.1, 0.15) is 0 Å². The van der Waals surface area contributed by atoms with Gasteiger partial charge >= 0.3 is 5.97 Å². The average Bonchev–Trinajstić information content (AvgIpc) is 2.33. The molecule has 0 heterocycles.